The van der Waals surface area contributed by atoms with Crippen molar-refractivity contribution in [1.82, 2.24) is 10.2 Å². The fraction of sp³-hybridized carbons (Fsp3) is 0.667. The van der Waals surface area contributed by atoms with Gasteiger partial charge in [-0.1, -0.05) is 0 Å². The van der Waals surface area contributed by atoms with Crippen LogP contribution in [0.1, 0.15) is 42.2 Å². The molecule has 1 N–H and O–H groups in total. The normalized spacial score (nSPS) is 26.8. The predicted molar refractivity (Wildman–Crippen MR) is 91.8 cm³/mol. The predicted octanol–water partition coefficient (Wildman–Crippen LogP) is 2.13. The van der Waals surface area contributed by atoms with Crippen LogP contribution >= 0.6 is 11.3 Å². The van der Waals surface area contributed by atoms with Gasteiger partial charge >= 0.3 is 0 Å². The van der Waals surface area contributed by atoms with Gasteiger partial charge in [-0.15, -0.1) is 11.3 Å². The van der Waals surface area contributed by atoms with Crippen LogP contribution in [0, 0.1) is 11.8 Å². The molecule has 4 rings (SSSR count). The number of ether oxygens (including phenoxy) is 1. The molecule has 0 spiro atoms. The lowest BCUT2D eigenvalue weighted by Crippen LogP contribution is -2.46. The van der Waals surface area contributed by atoms with Crippen molar-refractivity contribution in [3.8, 4) is 0 Å². The third-order valence-electron chi connectivity index (χ3n) is 5.27. The summed E-state index contributed by atoms with van der Waals surface area (Å²) >= 11 is 1.77. The minimum absolute atomic E-state index is 0.0308. The van der Waals surface area contributed by atoms with Crippen LogP contribution in [0.2, 0.25) is 0 Å². The first-order valence-corrected chi connectivity index (χ1v) is 9.84. The number of carbonyl (C=O) groups excluding carboxylic acids is 2. The SMILES string of the molecule is O=C(NC[C@H]1OCCc2sccc21)[C@@H]1CCCN(C(=O)C2CC2)C1. The second-order valence-electron chi connectivity index (χ2n) is 7.05. The molecule has 0 radical (unpaired) electrons. The Morgan fingerprint density at radius 1 is 1.29 bits per heavy atom. The lowest BCUT2D eigenvalue weighted by molar-refractivity contribution is -0.137. The summed E-state index contributed by atoms with van der Waals surface area (Å²) in [6, 6.07) is 2.10. The van der Waals surface area contributed by atoms with Gasteiger partial charge in [0.15, 0.2) is 0 Å². The standard InChI is InChI=1S/C18H24N2O3S/c21-17(13-2-1-7-20(11-13)18(22)12-3-4-12)19-10-15-14-6-9-24-16(14)5-8-23-15/h6,9,12-13,15H,1-5,7-8,10-11H2,(H,19,21)/t13-,15-/m1/s1. The first-order valence-electron chi connectivity index (χ1n) is 8.96. The summed E-state index contributed by atoms with van der Waals surface area (Å²) < 4.78 is 5.83. The number of piperidine rings is 1. The molecule has 6 heteroatoms. The number of likely N-dealkylation sites (tertiary alicyclic amines) is 1. The highest BCUT2D eigenvalue weighted by molar-refractivity contribution is 7.10. The Labute approximate surface area is 146 Å². The Bertz CT molecular complexity index is 626. The number of hydrogen-bond acceptors (Lipinski definition) is 4. The van der Waals surface area contributed by atoms with E-state index in [0.29, 0.717) is 13.1 Å². The van der Waals surface area contributed by atoms with E-state index < -0.39 is 0 Å². The van der Waals surface area contributed by atoms with Crippen molar-refractivity contribution in [3.05, 3.63) is 21.9 Å². The van der Waals surface area contributed by atoms with Gasteiger partial charge < -0.3 is 15.0 Å². The molecule has 1 aromatic rings. The molecule has 1 saturated carbocycles. The van der Waals surface area contributed by atoms with E-state index in [1.807, 2.05) is 4.90 Å². The van der Waals surface area contributed by atoms with Crippen molar-refractivity contribution < 1.29 is 14.3 Å². The van der Waals surface area contributed by atoms with Gasteiger partial charge in [-0.05, 0) is 42.7 Å². The molecular weight excluding hydrogens is 324 g/mol. The lowest BCUT2D eigenvalue weighted by Gasteiger charge is -2.32. The quantitative estimate of drug-likeness (QED) is 0.907. The summed E-state index contributed by atoms with van der Waals surface area (Å²) in [4.78, 5) is 28.0. The molecule has 1 saturated heterocycles. The first-order chi connectivity index (χ1) is 11.7. The number of hydrogen-bond donors (Lipinski definition) is 1. The molecule has 1 aliphatic carbocycles. The third-order valence-corrected chi connectivity index (χ3v) is 6.26. The topological polar surface area (TPSA) is 58.6 Å². The summed E-state index contributed by atoms with van der Waals surface area (Å²) in [5, 5.41) is 5.15. The number of rotatable bonds is 4. The average Bonchev–Trinajstić information content (AvgIpc) is 3.36. The summed E-state index contributed by atoms with van der Waals surface area (Å²) in [6.07, 6.45) is 4.78. The van der Waals surface area contributed by atoms with Gasteiger partial charge in [0, 0.05) is 36.9 Å². The van der Waals surface area contributed by atoms with Crippen LogP contribution in [-0.2, 0) is 20.7 Å². The number of nitrogens with zero attached hydrogens (tertiary/aromatic N) is 1. The number of thiophene rings is 1. The second-order valence-corrected chi connectivity index (χ2v) is 8.05. The molecule has 2 fully saturated rings. The second kappa shape index (κ2) is 6.84. The zero-order chi connectivity index (χ0) is 16.5. The molecule has 5 nitrogen and oxygen atoms in total. The maximum absolute atomic E-state index is 12.5. The van der Waals surface area contributed by atoms with Gasteiger partial charge in [0.1, 0.15) is 6.10 Å². The Morgan fingerprint density at radius 2 is 2.17 bits per heavy atom. The van der Waals surface area contributed by atoms with Crippen molar-refractivity contribution in [1.29, 1.82) is 0 Å². The monoisotopic (exact) mass is 348 g/mol. The molecule has 0 unspecified atom stereocenters. The van der Waals surface area contributed by atoms with Crippen LogP contribution in [0.25, 0.3) is 0 Å². The van der Waals surface area contributed by atoms with Crippen molar-refractivity contribution in [3.63, 3.8) is 0 Å². The van der Waals surface area contributed by atoms with Gasteiger partial charge in [0.25, 0.3) is 0 Å². The fourth-order valence-corrected chi connectivity index (χ4v) is 4.63. The van der Waals surface area contributed by atoms with E-state index in [1.54, 1.807) is 11.3 Å². The van der Waals surface area contributed by atoms with Crippen LogP contribution in [0.3, 0.4) is 0 Å². The molecule has 2 atom stereocenters. The summed E-state index contributed by atoms with van der Waals surface area (Å²) in [7, 11) is 0. The Hall–Kier alpha value is -1.40. The van der Waals surface area contributed by atoms with Crippen LogP contribution in [0.4, 0.5) is 0 Å². The van der Waals surface area contributed by atoms with E-state index >= 15 is 0 Å². The maximum atomic E-state index is 12.5. The molecule has 2 aliphatic heterocycles. The van der Waals surface area contributed by atoms with Crippen LogP contribution in [0.15, 0.2) is 11.4 Å². The minimum Gasteiger partial charge on any atom is -0.371 e. The van der Waals surface area contributed by atoms with Gasteiger partial charge in [-0.2, -0.15) is 0 Å². The van der Waals surface area contributed by atoms with Crippen molar-refractivity contribution in [2.24, 2.45) is 11.8 Å². The Balaban J connectivity index is 1.31. The highest BCUT2D eigenvalue weighted by Crippen LogP contribution is 2.33. The molecular formula is C18H24N2O3S. The van der Waals surface area contributed by atoms with Gasteiger partial charge in [-0.3, -0.25) is 9.59 Å². The number of amides is 2. The molecule has 0 bridgehead atoms. The van der Waals surface area contributed by atoms with Crippen molar-refractivity contribution in [2.45, 2.75) is 38.2 Å². The lowest BCUT2D eigenvalue weighted by atomic mass is 9.96. The molecule has 130 valence electrons. The van der Waals surface area contributed by atoms with Crippen LogP contribution in [0.5, 0.6) is 0 Å². The van der Waals surface area contributed by atoms with Crippen molar-refractivity contribution in [2.75, 3.05) is 26.2 Å². The van der Waals surface area contributed by atoms with E-state index in [9.17, 15) is 9.59 Å². The number of carbonyl (C=O) groups is 2. The molecule has 3 aliphatic rings. The van der Waals surface area contributed by atoms with Crippen molar-refractivity contribution >= 4 is 23.2 Å². The Kier molecular flexibility index (Phi) is 4.59. The molecule has 3 heterocycles. The zero-order valence-electron chi connectivity index (χ0n) is 13.8. The van der Waals surface area contributed by atoms with Gasteiger partial charge in [-0.25, -0.2) is 0 Å². The van der Waals surface area contributed by atoms with E-state index in [4.69, 9.17) is 4.74 Å². The number of nitrogens with one attached hydrogen (secondary N) is 1. The first kappa shape index (κ1) is 16.1. The molecule has 24 heavy (non-hydrogen) atoms. The van der Waals surface area contributed by atoms with Crippen LogP contribution < -0.4 is 5.32 Å². The van der Waals surface area contributed by atoms with E-state index in [-0.39, 0.29) is 29.8 Å². The average molecular weight is 348 g/mol. The Morgan fingerprint density at radius 3 is 3.00 bits per heavy atom. The fourth-order valence-electron chi connectivity index (χ4n) is 3.71. The van der Waals surface area contributed by atoms with E-state index in [2.05, 4.69) is 16.8 Å². The highest BCUT2D eigenvalue weighted by atomic mass is 32.1. The van der Waals surface area contributed by atoms with E-state index in [1.165, 1.54) is 10.4 Å². The number of fused-ring (bicyclic) bond motifs is 1. The highest BCUT2D eigenvalue weighted by Gasteiger charge is 2.36. The minimum atomic E-state index is -0.0769. The third kappa shape index (κ3) is 3.35. The summed E-state index contributed by atoms with van der Waals surface area (Å²) in [6.45, 7) is 2.64. The molecule has 0 aromatic carbocycles. The maximum Gasteiger partial charge on any atom is 0.225 e. The van der Waals surface area contributed by atoms with Crippen LogP contribution in [-0.4, -0.2) is 43.0 Å². The molecule has 1 aromatic heterocycles. The molecule has 2 amide bonds. The zero-order valence-corrected chi connectivity index (χ0v) is 14.6. The largest absolute Gasteiger partial charge is 0.371 e. The smallest absolute Gasteiger partial charge is 0.225 e. The van der Waals surface area contributed by atoms with Gasteiger partial charge in [0.05, 0.1) is 12.5 Å². The van der Waals surface area contributed by atoms with E-state index in [0.717, 1.165) is 45.3 Å². The van der Waals surface area contributed by atoms with Gasteiger partial charge in [0.2, 0.25) is 11.8 Å². The summed E-state index contributed by atoms with van der Waals surface area (Å²) in [5.41, 5.74) is 1.22. The summed E-state index contributed by atoms with van der Waals surface area (Å²) in [5.74, 6) is 0.478.